The van der Waals surface area contributed by atoms with Gasteiger partial charge in [-0.05, 0) is 30.5 Å². The Bertz CT molecular complexity index is 810. The highest BCUT2D eigenvalue weighted by molar-refractivity contribution is 5.80. The second kappa shape index (κ2) is 6.93. The average Bonchev–Trinajstić information content (AvgIpc) is 3.08. The van der Waals surface area contributed by atoms with Crippen molar-refractivity contribution in [1.29, 1.82) is 0 Å². The second-order valence-corrected chi connectivity index (χ2v) is 7.37. The predicted molar refractivity (Wildman–Crippen MR) is 93.6 cm³/mol. The quantitative estimate of drug-likeness (QED) is 0.762. The molecule has 7 heteroatoms. The summed E-state index contributed by atoms with van der Waals surface area (Å²) >= 11 is 0. The molecule has 1 fully saturated rings. The molecule has 0 N–H and O–H groups in total. The third-order valence-electron chi connectivity index (χ3n) is 4.93. The molecule has 0 spiro atoms. The molecule has 1 saturated heterocycles. The van der Waals surface area contributed by atoms with Gasteiger partial charge in [0.05, 0.1) is 23.3 Å². The van der Waals surface area contributed by atoms with Crippen molar-refractivity contribution in [1.82, 2.24) is 14.5 Å². The first-order valence-electron chi connectivity index (χ1n) is 9.05. The molecule has 0 bridgehead atoms. The first-order chi connectivity index (χ1) is 12.2. The molecule has 0 aliphatic carbocycles. The lowest BCUT2D eigenvalue weighted by molar-refractivity contribution is -0.137. The number of hydrogen-bond acceptors (Lipinski definition) is 2. The summed E-state index contributed by atoms with van der Waals surface area (Å²) in [5, 5.41) is 0. The van der Waals surface area contributed by atoms with Gasteiger partial charge in [0, 0.05) is 18.9 Å². The first kappa shape index (κ1) is 18.7. The lowest BCUT2D eigenvalue weighted by atomic mass is 10.0. The van der Waals surface area contributed by atoms with E-state index in [0.717, 1.165) is 25.0 Å². The van der Waals surface area contributed by atoms with Gasteiger partial charge in [0.15, 0.2) is 0 Å². The van der Waals surface area contributed by atoms with Crippen LogP contribution in [0.15, 0.2) is 18.2 Å². The van der Waals surface area contributed by atoms with E-state index in [4.69, 9.17) is 0 Å². The molecule has 1 unspecified atom stereocenters. The molecule has 142 valence electrons. The zero-order valence-electron chi connectivity index (χ0n) is 15.3. The summed E-state index contributed by atoms with van der Waals surface area (Å²) < 4.78 is 40.8. The van der Waals surface area contributed by atoms with Crippen molar-refractivity contribution in [3.63, 3.8) is 0 Å². The highest BCUT2D eigenvalue weighted by Gasteiger charge is 2.32. The number of imidazole rings is 1. The second-order valence-electron chi connectivity index (χ2n) is 7.37. The van der Waals surface area contributed by atoms with Crippen LogP contribution in [0, 0.1) is 5.92 Å². The Hall–Kier alpha value is -2.05. The van der Waals surface area contributed by atoms with E-state index in [0.29, 0.717) is 42.4 Å². The Morgan fingerprint density at radius 3 is 2.65 bits per heavy atom. The molecule has 1 amide bonds. The molecular formula is C19H24F3N3O. The van der Waals surface area contributed by atoms with Crippen molar-refractivity contribution >= 4 is 16.9 Å². The number of aromatic nitrogens is 2. The van der Waals surface area contributed by atoms with Gasteiger partial charge in [-0.25, -0.2) is 4.98 Å². The molecule has 2 heterocycles. The van der Waals surface area contributed by atoms with Crippen molar-refractivity contribution in [3.05, 3.63) is 29.6 Å². The van der Waals surface area contributed by atoms with E-state index < -0.39 is 11.7 Å². The van der Waals surface area contributed by atoms with E-state index in [-0.39, 0.29) is 11.8 Å². The SMILES string of the molecule is CCCC1CC(=O)N(Cn2c(C(C)C)nc3cc(C(F)(F)F)ccc32)C1. The van der Waals surface area contributed by atoms with Gasteiger partial charge < -0.3 is 9.47 Å². The number of likely N-dealkylation sites (tertiary alicyclic amines) is 1. The molecule has 3 rings (SSSR count). The number of halogens is 3. The van der Waals surface area contributed by atoms with E-state index in [1.54, 1.807) is 4.90 Å². The number of benzene rings is 1. The van der Waals surface area contributed by atoms with E-state index in [1.807, 2.05) is 18.4 Å². The number of carbonyl (C=O) groups excluding carboxylic acids is 1. The predicted octanol–water partition coefficient (Wildman–Crippen LogP) is 4.78. The molecule has 1 aromatic heterocycles. The van der Waals surface area contributed by atoms with Crippen LogP contribution in [0.1, 0.15) is 57.3 Å². The normalized spacial score (nSPS) is 18.5. The number of rotatable bonds is 5. The van der Waals surface area contributed by atoms with Crippen molar-refractivity contribution < 1.29 is 18.0 Å². The van der Waals surface area contributed by atoms with Gasteiger partial charge in [0.1, 0.15) is 5.82 Å². The minimum absolute atomic E-state index is 0.0425. The van der Waals surface area contributed by atoms with Crippen molar-refractivity contribution in [2.24, 2.45) is 5.92 Å². The number of hydrogen-bond donors (Lipinski definition) is 0. The highest BCUT2D eigenvalue weighted by Crippen LogP contribution is 2.33. The van der Waals surface area contributed by atoms with Crippen LogP contribution in [0.3, 0.4) is 0 Å². The molecule has 0 radical (unpaired) electrons. The van der Waals surface area contributed by atoms with E-state index in [2.05, 4.69) is 11.9 Å². The summed E-state index contributed by atoms with van der Waals surface area (Å²) in [6.07, 6.45) is -1.79. The molecule has 1 atom stereocenters. The zero-order valence-corrected chi connectivity index (χ0v) is 15.3. The van der Waals surface area contributed by atoms with Crippen molar-refractivity contribution in [2.75, 3.05) is 6.54 Å². The number of alkyl halides is 3. The van der Waals surface area contributed by atoms with Crippen molar-refractivity contribution in [2.45, 2.75) is 58.8 Å². The van der Waals surface area contributed by atoms with Gasteiger partial charge >= 0.3 is 6.18 Å². The number of nitrogens with zero attached hydrogens (tertiary/aromatic N) is 3. The Morgan fingerprint density at radius 1 is 1.31 bits per heavy atom. The summed E-state index contributed by atoms with van der Waals surface area (Å²) in [6, 6.07) is 3.63. The third kappa shape index (κ3) is 3.57. The van der Waals surface area contributed by atoms with Crippen LogP contribution >= 0.6 is 0 Å². The van der Waals surface area contributed by atoms with Gasteiger partial charge in [-0.3, -0.25) is 4.79 Å². The minimum atomic E-state index is -4.39. The van der Waals surface area contributed by atoms with Crippen LogP contribution < -0.4 is 0 Å². The van der Waals surface area contributed by atoms with Crippen LogP contribution in [0.5, 0.6) is 0 Å². The molecule has 1 aliphatic heterocycles. The smallest absolute Gasteiger partial charge is 0.324 e. The lowest BCUT2D eigenvalue weighted by Gasteiger charge is -2.20. The molecule has 1 aliphatic rings. The monoisotopic (exact) mass is 367 g/mol. The van der Waals surface area contributed by atoms with Crippen LogP contribution in [0.4, 0.5) is 13.2 Å². The topological polar surface area (TPSA) is 38.1 Å². The molecule has 1 aromatic carbocycles. The Balaban J connectivity index is 1.96. The van der Waals surface area contributed by atoms with Crippen molar-refractivity contribution in [3.8, 4) is 0 Å². The maximum atomic E-state index is 13.0. The van der Waals surface area contributed by atoms with Crippen LogP contribution in [-0.4, -0.2) is 26.9 Å². The Labute approximate surface area is 151 Å². The van der Waals surface area contributed by atoms with Crippen LogP contribution in [0.2, 0.25) is 0 Å². The number of fused-ring (bicyclic) bond motifs is 1. The van der Waals surface area contributed by atoms with Crippen LogP contribution in [0.25, 0.3) is 11.0 Å². The number of amides is 1. The Morgan fingerprint density at radius 2 is 2.04 bits per heavy atom. The summed E-state index contributed by atoms with van der Waals surface area (Å²) in [5.74, 6) is 1.21. The highest BCUT2D eigenvalue weighted by atomic mass is 19.4. The average molecular weight is 367 g/mol. The van der Waals surface area contributed by atoms with Gasteiger partial charge in [0.25, 0.3) is 0 Å². The molecule has 4 nitrogen and oxygen atoms in total. The van der Waals surface area contributed by atoms with Gasteiger partial charge in [-0.15, -0.1) is 0 Å². The maximum absolute atomic E-state index is 13.0. The minimum Gasteiger partial charge on any atom is -0.324 e. The fraction of sp³-hybridized carbons (Fsp3) is 0.579. The molecular weight excluding hydrogens is 343 g/mol. The Kier molecular flexibility index (Phi) is 4.99. The van der Waals surface area contributed by atoms with Gasteiger partial charge in [-0.2, -0.15) is 13.2 Å². The van der Waals surface area contributed by atoms with Gasteiger partial charge in [-0.1, -0.05) is 27.2 Å². The van der Waals surface area contributed by atoms with Crippen LogP contribution in [-0.2, 0) is 17.6 Å². The van der Waals surface area contributed by atoms with E-state index in [9.17, 15) is 18.0 Å². The first-order valence-corrected chi connectivity index (χ1v) is 9.05. The summed E-state index contributed by atoms with van der Waals surface area (Å²) in [7, 11) is 0. The largest absolute Gasteiger partial charge is 0.416 e. The zero-order chi connectivity index (χ0) is 19.1. The molecule has 2 aromatic rings. The van der Waals surface area contributed by atoms with E-state index in [1.165, 1.54) is 6.07 Å². The summed E-state index contributed by atoms with van der Waals surface area (Å²) in [4.78, 5) is 18.6. The molecule has 26 heavy (non-hydrogen) atoms. The number of carbonyl (C=O) groups is 1. The maximum Gasteiger partial charge on any atom is 0.416 e. The van der Waals surface area contributed by atoms with Gasteiger partial charge in [0.2, 0.25) is 5.91 Å². The third-order valence-corrected chi connectivity index (χ3v) is 4.93. The molecule has 0 saturated carbocycles. The standard InChI is InChI=1S/C19H24F3N3O/c1-4-5-13-8-17(26)24(10-13)11-25-16-7-6-14(19(20,21)22)9-15(16)23-18(25)12(2)3/h6-7,9,12-13H,4-5,8,10-11H2,1-3H3. The summed E-state index contributed by atoms with van der Waals surface area (Å²) in [6.45, 7) is 7.05. The lowest BCUT2D eigenvalue weighted by Crippen LogP contribution is -2.29. The van der Waals surface area contributed by atoms with E-state index >= 15 is 0 Å². The fourth-order valence-corrected chi connectivity index (χ4v) is 3.68. The fourth-order valence-electron chi connectivity index (χ4n) is 3.68. The summed E-state index contributed by atoms with van der Waals surface area (Å²) in [5.41, 5.74) is 0.249.